The molecule has 0 spiro atoms. The van der Waals surface area contributed by atoms with Gasteiger partial charge in [0.25, 0.3) is 11.5 Å². The van der Waals surface area contributed by atoms with E-state index in [2.05, 4.69) is 11.6 Å². The predicted octanol–water partition coefficient (Wildman–Crippen LogP) is 1.95. The monoisotopic (exact) mass is 413 g/mol. The molecule has 0 radical (unpaired) electrons. The van der Waals surface area contributed by atoms with Crippen LogP contribution in [-0.2, 0) is 11.3 Å². The average Bonchev–Trinajstić information content (AvgIpc) is 3.13. The van der Waals surface area contributed by atoms with Crippen LogP contribution in [0.4, 0.5) is 0 Å². The maximum absolute atomic E-state index is 13.1. The molecule has 29 heavy (non-hydrogen) atoms. The van der Waals surface area contributed by atoms with E-state index >= 15 is 0 Å². The highest BCUT2D eigenvalue weighted by Gasteiger charge is 2.24. The maximum Gasteiger partial charge on any atom is 0.295 e. The van der Waals surface area contributed by atoms with E-state index in [4.69, 9.17) is 17.3 Å². The van der Waals surface area contributed by atoms with Gasteiger partial charge >= 0.3 is 0 Å². The largest absolute Gasteiger partial charge is 0.368 e. The Morgan fingerprint density at radius 1 is 1.34 bits per heavy atom. The Hall–Kier alpha value is -3.39. The van der Waals surface area contributed by atoms with Gasteiger partial charge in [-0.2, -0.15) is 0 Å². The number of hydrogen-bond donors (Lipinski definition) is 1. The maximum atomic E-state index is 13.1. The quantitative estimate of drug-likeness (QED) is 0.624. The van der Waals surface area contributed by atoms with Gasteiger partial charge in [-0.05, 0) is 13.0 Å². The highest BCUT2D eigenvalue weighted by atomic mass is 35.5. The molecule has 0 saturated heterocycles. The zero-order valence-corrected chi connectivity index (χ0v) is 16.8. The number of aromatic nitrogens is 3. The smallest absolute Gasteiger partial charge is 0.295 e. The average molecular weight is 414 g/mol. The topological polar surface area (TPSA) is 103 Å². The molecule has 3 rings (SSSR count). The van der Waals surface area contributed by atoms with Crippen LogP contribution >= 0.6 is 11.6 Å². The van der Waals surface area contributed by atoms with E-state index in [1.165, 1.54) is 34.0 Å². The molecule has 8 nitrogen and oxygen atoms in total. The fourth-order valence-electron chi connectivity index (χ4n) is 2.93. The van der Waals surface area contributed by atoms with E-state index in [0.717, 1.165) is 0 Å². The van der Waals surface area contributed by atoms with E-state index in [9.17, 15) is 14.4 Å². The third-order valence-electron chi connectivity index (χ3n) is 4.71. The zero-order chi connectivity index (χ0) is 21.3. The number of hydrogen-bond acceptors (Lipinski definition) is 4. The summed E-state index contributed by atoms with van der Waals surface area (Å²) in [4.78, 5) is 42.5. The molecule has 2 aromatic heterocycles. The fourth-order valence-corrected chi connectivity index (χ4v) is 3.16. The van der Waals surface area contributed by atoms with Crippen LogP contribution in [0.2, 0.25) is 5.02 Å². The van der Waals surface area contributed by atoms with Crippen molar-refractivity contribution in [1.29, 1.82) is 0 Å². The molecule has 0 aliphatic heterocycles. The number of halogens is 1. The van der Waals surface area contributed by atoms with Crippen LogP contribution in [0.5, 0.6) is 0 Å². The van der Waals surface area contributed by atoms with Crippen LogP contribution in [0.1, 0.15) is 17.4 Å². The van der Waals surface area contributed by atoms with Crippen molar-refractivity contribution in [3.8, 4) is 11.3 Å². The SMILES string of the molecule is C=CCn1c(-c2ccccc2Cl)cn2cc(C(=O)N(C)[C@@H](C)C(N)=O)nc2c1=O. The molecule has 2 heterocycles. The minimum Gasteiger partial charge on any atom is -0.368 e. The van der Waals surface area contributed by atoms with Crippen molar-refractivity contribution >= 4 is 29.1 Å². The number of nitrogens with two attached hydrogens (primary N) is 1. The zero-order valence-electron chi connectivity index (χ0n) is 16.0. The number of amides is 2. The van der Waals surface area contributed by atoms with Crippen molar-refractivity contribution in [2.45, 2.75) is 19.5 Å². The van der Waals surface area contributed by atoms with E-state index in [0.29, 0.717) is 16.3 Å². The summed E-state index contributed by atoms with van der Waals surface area (Å²) in [7, 11) is 1.45. The number of carbonyl (C=O) groups is 2. The molecule has 1 atom stereocenters. The molecule has 2 N–H and O–H groups in total. The summed E-state index contributed by atoms with van der Waals surface area (Å²) >= 11 is 6.33. The van der Waals surface area contributed by atoms with Gasteiger partial charge in [0.1, 0.15) is 11.7 Å². The molecule has 0 saturated carbocycles. The van der Waals surface area contributed by atoms with E-state index in [1.807, 2.05) is 6.07 Å². The first-order chi connectivity index (χ1) is 13.8. The molecule has 1 aromatic carbocycles. The number of carbonyl (C=O) groups excluding carboxylic acids is 2. The van der Waals surface area contributed by atoms with Crippen LogP contribution < -0.4 is 11.3 Å². The van der Waals surface area contributed by atoms with Crippen LogP contribution in [0.15, 0.2) is 54.1 Å². The molecule has 0 unspecified atom stereocenters. The first-order valence-electron chi connectivity index (χ1n) is 8.81. The van der Waals surface area contributed by atoms with Crippen molar-refractivity contribution in [3.63, 3.8) is 0 Å². The summed E-state index contributed by atoms with van der Waals surface area (Å²) in [6.45, 7) is 5.46. The van der Waals surface area contributed by atoms with Gasteiger partial charge in [-0.1, -0.05) is 35.9 Å². The molecule has 0 fully saturated rings. The lowest BCUT2D eigenvalue weighted by molar-refractivity contribution is -0.121. The summed E-state index contributed by atoms with van der Waals surface area (Å²) in [6, 6.07) is 6.32. The van der Waals surface area contributed by atoms with Gasteiger partial charge in [0.05, 0.1) is 5.69 Å². The number of allylic oxidation sites excluding steroid dienone is 1. The third kappa shape index (κ3) is 3.66. The second-order valence-electron chi connectivity index (χ2n) is 6.55. The first-order valence-corrected chi connectivity index (χ1v) is 9.18. The lowest BCUT2D eigenvalue weighted by atomic mass is 10.1. The van der Waals surface area contributed by atoms with Crippen LogP contribution in [0.3, 0.4) is 0 Å². The van der Waals surface area contributed by atoms with Gasteiger partial charge in [0.2, 0.25) is 11.6 Å². The van der Waals surface area contributed by atoms with Crippen LogP contribution in [0, 0.1) is 0 Å². The predicted molar refractivity (Wildman–Crippen MR) is 111 cm³/mol. The van der Waals surface area contributed by atoms with Crippen molar-refractivity contribution in [2.75, 3.05) is 7.05 Å². The molecule has 9 heteroatoms. The van der Waals surface area contributed by atoms with Gasteiger partial charge in [-0.15, -0.1) is 6.58 Å². The van der Waals surface area contributed by atoms with E-state index < -0.39 is 23.4 Å². The minimum absolute atomic E-state index is 0.0270. The highest BCUT2D eigenvalue weighted by molar-refractivity contribution is 6.33. The van der Waals surface area contributed by atoms with Crippen molar-refractivity contribution in [3.05, 3.63) is 70.4 Å². The van der Waals surface area contributed by atoms with Crippen LogP contribution in [-0.4, -0.2) is 43.8 Å². The summed E-state index contributed by atoms with van der Waals surface area (Å²) < 4.78 is 2.97. The van der Waals surface area contributed by atoms with Gasteiger partial charge in [0.15, 0.2) is 0 Å². The normalized spacial score (nSPS) is 12.0. The second kappa shape index (κ2) is 7.92. The molecule has 0 aliphatic rings. The number of primary amides is 1. The lowest BCUT2D eigenvalue weighted by Gasteiger charge is -2.20. The molecule has 2 amide bonds. The Bertz CT molecular complexity index is 1180. The Labute approximate surface area is 171 Å². The summed E-state index contributed by atoms with van der Waals surface area (Å²) in [6.07, 6.45) is 4.72. The van der Waals surface area contributed by atoms with E-state index in [-0.39, 0.29) is 17.9 Å². The summed E-state index contributed by atoms with van der Waals surface area (Å²) in [5.41, 5.74) is 6.20. The Kier molecular flexibility index (Phi) is 5.56. The number of likely N-dealkylation sites (N-methyl/N-ethyl adjacent to an activating group) is 1. The number of imidazole rings is 1. The Morgan fingerprint density at radius 2 is 2.03 bits per heavy atom. The third-order valence-corrected chi connectivity index (χ3v) is 5.04. The van der Waals surface area contributed by atoms with Crippen molar-refractivity contribution in [2.24, 2.45) is 5.73 Å². The number of nitrogens with zero attached hydrogens (tertiary/aromatic N) is 4. The van der Waals surface area contributed by atoms with Crippen molar-refractivity contribution < 1.29 is 9.59 Å². The molecular formula is C20H20ClN5O3. The highest BCUT2D eigenvalue weighted by Crippen LogP contribution is 2.27. The molecule has 0 bridgehead atoms. The molecule has 150 valence electrons. The van der Waals surface area contributed by atoms with Gasteiger partial charge in [-0.3, -0.25) is 23.4 Å². The van der Waals surface area contributed by atoms with Crippen molar-refractivity contribution in [1.82, 2.24) is 18.9 Å². The standard InChI is InChI=1S/C20H20ClN5O3/c1-4-9-26-16(13-7-5-6-8-14(13)21)11-25-10-15(23-18(25)20(26)29)19(28)24(3)12(2)17(22)27/h4-8,10-12H,1,9H2,2-3H3,(H2,22,27)/t12-/m0/s1. The molecule has 3 aromatic rings. The number of fused-ring (bicyclic) bond motifs is 1. The summed E-state index contributed by atoms with van der Waals surface area (Å²) in [5.74, 6) is -1.16. The number of rotatable bonds is 6. The Morgan fingerprint density at radius 3 is 2.66 bits per heavy atom. The minimum atomic E-state index is -0.816. The van der Waals surface area contributed by atoms with E-state index in [1.54, 1.807) is 30.5 Å². The molecular weight excluding hydrogens is 394 g/mol. The number of benzene rings is 1. The van der Waals surface area contributed by atoms with Gasteiger partial charge in [0, 0.05) is 36.6 Å². The first kappa shape index (κ1) is 20.3. The second-order valence-corrected chi connectivity index (χ2v) is 6.96. The van der Waals surface area contributed by atoms with Gasteiger partial charge in [-0.25, -0.2) is 4.98 Å². The molecule has 0 aliphatic carbocycles. The summed E-state index contributed by atoms with van der Waals surface area (Å²) in [5, 5.41) is 0.482. The lowest BCUT2D eigenvalue weighted by Crippen LogP contribution is -2.43. The van der Waals surface area contributed by atoms with Crippen LogP contribution in [0.25, 0.3) is 16.9 Å². The fraction of sp³-hybridized carbons (Fsp3) is 0.200. The van der Waals surface area contributed by atoms with Gasteiger partial charge < -0.3 is 10.6 Å². The Balaban J connectivity index is 2.19.